The number of fused-ring (bicyclic) bond motifs is 1. The highest BCUT2D eigenvalue weighted by atomic mass is 16.1. The number of amides is 1. The van der Waals surface area contributed by atoms with Crippen LogP contribution in [0.3, 0.4) is 0 Å². The molecule has 0 unspecified atom stereocenters. The minimum Gasteiger partial charge on any atom is -0.349 e. The van der Waals surface area contributed by atoms with Gasteiger partial charge in [-0.2, -0.15) is 5.10 Å². The maximum atomic E-state index is 12.6. The Kier molecular flexibility index (Phi) is 4.41. The lowest BCUT2D eigenvalue weighted by atomic mass is 9.96. The molecule has 22 heavy (non-hydrogen) atoms. The predicted molar refractivity (Wildman–Crippen MR) is 86.0 cm³/mol. The fourth-order valence-electron chi connectivity index (χ4n) is 3.29. The maximum Gasteiger partial charge on any atom is 0.256 e. The highest BCUT2D eigenvalue weighted by Gasteiger charge is 2.19. The Morgan fingerprint density at radius 1 is 1.18 bits per heavy atom. The molecular formula is C17H24N4O. The lowest BCUT2D eigenvalue weighted by molar-refractivity contribution is 0.0932. The molecule has 5 nitrogen and oxygen atoms in total. The van der Waals surface area contributed by atoms with Crippen molar-refractivity contribution in [3.05, 3.63) is 29.2 Å². The maximum absolute atomic E-state index is 12.6. The van der Waals surface area contributed by atoms with Crippen LogP contribution in [0, 0.1) is 13.8 Å². The van der Waals surface area contributed by atoms with Gasteiger partial charge in [-0.25, -0.2) is 9.50 Å². The van der Waals surface area contributed by atoms with Crippen molar-refractivity contribution in [3.63, 3.8) is 0 Å². The number of aryl methyl sites for hydroxylation is 2. The van der Waals surface area contributed by atoms with Gasteiger partial charge in [0.2, 0.25) is 0 Å². The van der Waals surface area contributed by atoms with Crippen molar-refractivity contribution >= 4 is 11.6 Å². The standard InChI is InChI=1S/C17H24N4O/c1-12-10-13(2)21-16(19-12)15(11-18-21)17(22)20-14-8-6-4-3-5-7-9-14/h10-11,14H,3-9H2,1-2H3,(H,20,22). The first-order valence-electron chi connectivity index (χ1n) is 8.28. The Morgan fingerprint density at radius 2 is 1.86 bits per heavy atom. The summed E-state index contributed by atoms with van der Waals surface area (Å²) in [7, 11) is 0. The van der Waals surface area contributed by atoms with E-state index in [2.05, 4.69) is 15.4 Å². The minimum atomic E-state index is -0.0435. The van der Waals surface area contributed by atoms with E-state index in [9.17, 15) is 4.79 Å². The zero-order valence-electron chi connectivity index (χ0n) is 13.4. The largest absolute Gasteiger partial charge is 0.349 e. The Morgan fingerprint density at radius 3 is 2.59 bits per heavy atom. The molecule has 0 atom stereocenters. The first-order valence-corrected chi connectivity index (χ1v) is 8.28. The molecule has 1 aliphatic carbocycles. The monoisotopic (exact) mass is 300 g/mol. The minimum absolute atomic E-state index is 0.0435. The van der Waals surface area contributed by atoms with Crippen molar-refractivity contribution in [3.8, 4) is 0 Å². The van der Waals surface area contributed by atoms with Crippen molar-refractivity contribution < 1.29 is 4.79 Å². The summed E-state index contributed by atoms with van der Waals surface area (Å²) >= 11 is 0. The van der Waals surface area contributed by atoms with E-state index in [0.29, 0.717) is 11.2 Å². The molecule has 1 amide bonds. The smallest absolute Gasteiger partial charge is 0.256 e. The SMILES string of the molecule is Cc1cc(C)n2ncc(C(=O)NC3CCCCCCC3)c2n1. The normalized spacial score (nSPS) is 17.2. The lowest BCUT2D eigenvalue weighted by Gasteiger charge is -2.20. The van der Waals surface area contributed by atoms with Gasteiger partial charge in [0.05, 0.1) is 6.20 Å². The zero-order chi connectivity index (χ0) is 15.5. The molecule has 0 spiro atoms. The molecule has 1 aliphatic rings. The summed E-state index contributed by atoms with van der Waals surface area (Å²) in [4.78, 5) is 17.1. The number of rotatable bonds is 2. The highest BCUT2D eigenvalue weighted by molar-refractivity contribution is 5.99. The Labute approximate surface area is 131 Å². The number of carbonyl (C=O) groups excluding carboxylic acids is 1. The van der Waals surface area contributed by atoms with Gasteiger partial charge in [0.25, 0.3) is 5.91 Å². The van der Waals surface area contributed by atoms with Gasteiger partial charge in [-0.05, 0) is 32.8 Å². The Hall–Kier alpha value is -1.91. The van der Waals surface area contributed by atoms with E-state index < -0.39 is 0 Å². The van der Waals surface area contributed by atoms with Gasteiger partial charge in [-0.1, -0.05) is 32.1 Å². The molecule has 0 saturated heterocycles. The molecule has 2 aromatic rings. The van der Waals surface area contributed by atoms with E-state index in [4.69, 9.17) is 0 Å². The van der Waals surface area contributed by atoms with Crippen molar-refractivity contribution in [1.82, 2.24) is 19.9 Å². The summed E-state index contributed by atoms with van der Waals surface area (Å²) < 4.78 is 1.74. The molecule has 1 fully saturated rings. The summed E-state index contributed by atoms with van der Waals surface area (Å²) in [5.41, 5.74) is 3.13. The van der Waals surface area contributed by atoms with Crippen molar-refractivity contribution in [2.75, 3.05) is 0 Å². The summed E-state index contributed by atoms with van der Waals surface area (Å²) in [6.07, 6.45) is 10.1. The Balaban J connectivity index is 1.79. The number of hydrogen-bond donors (Lipinski definition) is 1. The van der Waals surface area contributed by atoms with Gasteiger partial charge in [0, 0.05) is 17.4 Å². The van der Waals surface area contributed by atoms with Crippen LogP contribution >= 0.6 is 0 Å². The van der Waals surface area contributed by atoms with E-state index in [1.54, 1.807) is 10.7 Å². The number of carbonyl (C=O) groups is 1. The number of nitrogens with zero attached hydrogens (tertiary/aromatic N) is 3. The average molecular weight is 300 g/mol. The fourth-order valence-corrected chi connectivity index (χ4v) is 3.29. The number of nitrogens with one attached hydrogen (secondary N) is 1. The van der Waals surface area contributed by atoms with E-state index in [-0.39, 0.29) is 11.9 Å². The van der Waals surface area contributed by atoms with E-state index in [1.165, 1.54) is 32.1 Å². The number of hydrogen-bond acceptors (Lipinski definition) is 3. The van der Waals surface area contributed by atoms with Crippen LogP contribution in [0.25, 0.3) is 5.65 Å². The molecule has 2 aromatic heterocycles. The van der Waals surface area contributed by atoms with Crippen molar-refractivity contribution in [2.24, 2.45) is 0 Å². The van der Waals surface area contributed by atoms with E-state index >= 15 is 0 Å². The summed E-state index contributed by atoms with van der Waals surface area (Å²) in [5.74, 6) is -0.0435. The van der Waals surface area contributed by atoms with Crippen molar-refractivity contribution in [1.29, 1.82) is 0 Å². The lowest BCUT2D eigenvalue weighted by Crippen LogP contribution is -2.35. The Bertz CT molecular complexity index is 669. The van der Waals surface area contributed by atoms with E-state index in [1.807, 2.05) is 19.9 Å². The topological polar surface area (TPSA) is 59.3 Å². The van der Waals surface area contributed by atoms with Crippen LogP contribution in [0.4, 0.5) is 0 Å². The molecule has 0 radical (unpaired) electrons. The zero-order valence-corrected chi connectivity index (χ0v) is 13.4. The third-order valence-electron chi connectivity index (χ3n) is 4.46. The summed E-state index contributed by atoms with van der Waals surface area (Å²) in [5, 5.41) is 7.49. The molecule has 118 valence electrons. The second-order valence-electron chi connectivity index (χ2n) is 6.35. The molecule has 0 aromatic carbocycles. The third-order valence-corrected chi connectivity index (χ3v) is 4.46. The van der Waals surface area contributed by atoms with Gasteiger partial charge in [-0.3, -0.25) is 4.79 Å². The molecule has 0 aliphatic heterocycles. The fraction of sp³-hybridized carbons (Fsp3) is 0.588. The van der Waals surface area contributed by atoms with Gasteiger partial charge in [0.15, 0.2) is 5.65 Å². The molecule has 0 bridgehead atoms. The van der Waals surface area contributed by atoms with Crippen LogP contribution in [0.1, 0.15) is 66.7 Å². The quantitative estimate of drug-likeness (QED) is 0.926. The summed E-state index contributed by atoms with van der Waals surface area (Å²) in [6, 6.07) is 2.25. The second-order valence-corrected chi connectivity index (χ2v) is 6.35. The van der Waals surface area contributed by atoms with Crippen LogP contribution < -0.4 is 5.32 Å². The predicted octanol–water partition coefficient (Wildman–Crippen LogP) is 3.19. The molecule has 5 heteroatoms. The van der Waals surface area contributed by atoms with Crippen LogP contribution in [-0.4, -0.2) is 26.5 Å². The molecule has 2 heterocycles. The van der Waals surface area contributed by atoms with Gasteiger partial charge >= 0.3 is 0 Å². The average Bonchev–Trinajstić information content (AvgIpc) is 2.85. The number of aromatic nitrogens is 3. The van der Waals surface area contributed by atoms with Gasteiger partial charge < -0.3 is 5.32 Å². The second kappa shape index (κ2) is 6.46. The highest BCUT2D eigenvalue weighted by Crippen LogP contribution is 2.18. The van der Waals surface area contributed by atoms with E-state index in [0.717, 1.165) is 24.2 Å². The van der Waals surface area contributed by atoms with Crippen LogP contribution in [-0.2, 0) is 0 Å². The molecular weight excluding hydrogens is 276 g/mol. The van der Waals surface area contributed by atoms with Crippen molar-refractivity contribution in [2.45, 2.75) is 64.8 Å². The first-order chi connectivity index (χ1) is 10.6. The first kappa shape index (κ1) is 15.0. The third kappa shape index (κ3) is 3.13. The van der Waals surface area contributed by atoms with Gasteiger partial charge in [0.1, 0.15) is 5.56 Å². The molecule has 3 rings (SSSR count). The van der Waals surface area contributed by atoms with Crippen LogP contribution in [0.2, 0.25) is 0 Å². The van der Waals surface area contributed by atoms with Crippen LogP contribution in [0.15, 0.2) is 12.3 Å². The van der Waals surface area contributed by atoms with Crippen LogP contribution in [0.5, 0.6) is 0 Å². The molecule has 1 saturated carbocycles. The molecule has 1 N–H and O–H groups in total. The van der Waals surface area contributed by atoms with Gasteiger partial charge in [-0.15, -0.1) is 0 Å². The summed E-state index contributed by atoms with van der Waals surface area (Å²) in [6.45, 7) is 3.92.